The van der Waals surface area contributed by atoms with E-state index >= 15 is 0 Å². The van der Waals surface area contributed by atoms with Crippen LogP contribution in [0.2, 0.25) is 0 Å². The number of nitrogens with two attached hydrogens (primary N) is 1. The zero-order valence-electron chi connectivity index (χ0n) is 6.56. The Balaban J connectivity index is 2.95. The molecule has 0 aromatic carbocycles. The van der Waals surface area contributed by atoms with Crippen molar-refractivity contribution in [3.63, 3.8) is 0 Å². The van der Waals surface area contributed by atoms with Gasteiger partial charge in [-0.2, -0.15) is 0 Å². The van der Waals surface area contributed by atoms with E-state index in [2.05, 4.69) is 17.8 Å². The maximum absolute atomic E-state index is 10.6. The summed E-state index contributed by atoms with van der Waals surface area (Å²) in [5.74, 6) is 0.436. The number of pyridine rings is 1. The van der Waals surface area contributed by atoms with Crippen molar-refractivity contribution in [3.05, 3.63) is 23.9 Å². The van der Waals surface area contributed by atoms with Gasteiger partial charge in [-0.15, -0.1) is 0 Å². The van der Waals surface area contributed by atoms with Crippen molar-refractivity contribution >= 4 is 24.7 Å². The number of aryl methyl sites for hydroxylation is 1. The van der Waals surface area contributed by atoms with E-state index in [4.69, 9.17) is 5.73 Å². The number of rotatable bonds is 1. The van der Waals surface area contributed by atoms with Crippen LogP contribution in [0.15, 0.2) is 18.3 Å². The third kappa shape index (κ3) is 1.88. The molecule has 4 nitrogen and oxygen atoms in total. The molecule has 0 spiro atoms. The zero-order valence-corrected chi connectivity index (χ0v) is 7.45. The molecule has 5 heteroatoms. The highest BCUT2D eigenvalue weighted by atomic mass is 32.1. The number of aromatic nitrogens is 1. The molecule has 0 unspecified atom stereocenters. The lowest BCUT2D eigenvalue weighted by molar-refractivity contribution is 0.257. The summed E-state index contributed by atoms with van der Waals surface area (Å²) >= 11 is 3.86. The molecule has 0 saturated heterocycles. The van der Waals surface area contributed by atoms with Crippen LogP contribution < -0.4 is 10.0 Å². The molecule has 1 aromatic heterocycles. The summed E-state index contributed by atoms with van der Waals surface area (Å²) in [4.78, 5) is 14.6. The Labute approximate surface area is 75.9 Å². The molecule has 1 heterocycles. The third-order valence-electron chi connectivity index (χ3n) is 1.33. The fraction of sp³-hybridized carbons (Fsp3) is 0.143. The first-order valence-corrected chi connectivity index (χ1v) is 3.72. The van der Waals surface area contributed by atoms with Crippen LogP contribution in [-0.2, 0) is 0 Å². The summed E-state index contributed by atoms with van der Waals surface area (Å²) in [6, 6.07) is 2.90. The van der Waals surface area contributed by atoms with Crippen molar-refractivity contribution in [1.29, 1.82) is 0 Å². The van der Waals surface area contributed by atoms with Gasteiger partial charge in [0.05, 0.1) is 0 Å². The van der Waals surface area contributed by atoms with Gasteiger partial charge in [0.15, 0.2) is 0 Å². The largest absolute Gasteiger partial charge is 0.350 e. The minimum Gasteiger partial charge on any atom is -0.350 e. The summed E-state index contributed by atoms with van der Waals surface area (Å²) in [5.41, 5.74) is 5.99. The number of nitrogens with zero attached hydrogens (tertiary/aromatic N) is 2. The van der Waals surface area contributed by atoms with Crippen LogP contribution in [0.1, 0.15) is 5.56 Å². The SMILES string of the molecule is Cc1ccnc(N(S)C(N)=O)c1. The van der Waals surface area contributed by atoms with Crippen molar-refractivity contribution in [2.45, 2.75) is 6.92 Å². The number of urea groups is 1. The summed E-state index contributed by atoms with van der Waals surface area (Å²) in [7, 11) is 0. The number of hydrogen-bond donors (Lipinski definition) is 2. The molecule has 12 heavy (non-hydrogen) atoms. The maximum Gasteiger partial charge on any atom is 0.330 e. The highest BCUT2D eigenvalue weighted by Gasteiger charge is 2.07. The average molecular weight is 183 g/mol. The highest BCUT2D eigenvalue weighted by molar-refractivity contribution is 7.82. The van der Waals surface area contributed by atoms with Crippen LogP contribution in [-0.4, -0.2) is 11.0 Å². The second-order valence-corrected chi connectivity index (χ2v) is 2.74. The predicted octanol–water partition coefficient (Wildman–Crippen LogP) is 1.12. The van der Waals surface area contributed by atoms with Crippen LogP contribution in [0.5, 0.6) is 0 Å². The van der Waals surface area contributed by atoms with Gasteiger partial charge in [0.2, 0.25) is 0 Å². The standard InChI is InChI=1S/C7H9N3OS/c1-5-2-3-9-6(4-5)10(12)7(8)11/h2-4,12H,1H3,(H2,8,11). The minimum atomic E-state index is -0.642. The van der Waals surface area contributed by atoms with Gasteiger partial charge >= 0.3 is 6.03 Å². The Bertz CT molecular complexity index is 302. The molecule has 0 aliphatic rings. The molecule has 0 aliphatic heterocycles. The average Bonchev–Trinajstić information content (AvgIpc) is 2.03. The Kier molecular flexibility index (Phi) is 2.54. The lowest BCUT2D eigenvalue weighted by atomic mass is 10.3. The van der Waals surface area contributed by atoms with E-state index in [-0.39, 0.29) is 0 Å². The summed E-state index contributed by atoms with van der Waals surface area (Å²) in [5, 5.41) is 0. The van der Waals surface area contributed by atoms with Gasteiger partial charge in [-0.3, -0.25) is 0 Å². The molecule has 1 rings (SSSR count). The number of anilines is 1. The smallest absolute Gasteiger partial charge is 0.330 e. The lowest BCUT2D eigenvalue weighted by Gasteiger charge is -2.10. The van der Waals surface area contributed by atoms with E-state index in [0.717, 1.165) is 9.87 Å². The van der Waals surface area contributed by atoms with Crippen molar-refractivity contribution in [2.75, 3.05) is 4.31 Å². The van der Waals surface area contributed by atoms with Crippen molar-refractivity contribution < 1.29 is 4.79 Å². The summed E-state index contributed by atoms with van der Waals surface area (Å²) < 4.78 is 0.993. The van der Waals surface area contributed by atoms with Crippen LogP contribution in [0.4, 0.5) is 10.6 Å². The van der Waals surface area contributed by atoms with Gasteiger partial charge in [0, 0.05) is 6.20 Å². The predicted molar refractivity (Wildman–Crippen MR) is 50.0 cm³/mol. The molecule has 2 N–H and O–H groups in total. The fourth-order valence-electron chi connectivity index (χ4n) is 0.749. The van der Waals surface area contributed by atoms with Crippen molar-refractivity contribution in [3.8, 4) is 0 Å². The second-order valence-electron chi connectivity index (χ2n) is 2.34. The second kappa shape index (κ2) is 3.44. The quantitative estimate of drug-likeness (QED) is 0.641. The molecule has 0 bridgehead atoms. The molecular weight excluding hydrogens is 174 g/mol. The van der Waals surface area contributed by atoms with Gasteiger partial charge in [-0.05, 0) is 24.6 Å². The molecule has 64 valence electrons. The third-order valence-corrected chi connectivity index (χ3v) is 1.73. The number of hydrogen-bond acceptors (Lipinski definition) is 3. The number of amides is 2. The normalized spacial score (nSPS) is 9.50. The van der Waals surface area contributed by atoms with Crippen LogP contribution in [0, 0.1) is 6.92 Å². The van der Waals surface area contributed by atoms with E-state index in [9.17, 15) is 4.79 Å². The minimum absolute atomic E-state index is 0.436. The van der Waals surface area contributed by atoms with Crippen molar-refractivity contribution in [2.24, 2.45) is 5.73 Å². The van der Waals surface area contributed by atoms with E-state index < -0.39 is 6.03 Å². The zero-order chi connectivity index (χ0) is 9.14. The molecule has 0 fully saturated rings. The summed E-state index contributed by atoms with van der Waals surface area (Å²) in [6.45, 7) is 1.90. The van der Waals surface area contributed by atoms with Gasteiger partial charge in [-0.25, -0.2) is 14.1 Å². The monoisotopic (exact) mass is 183 g/mol. The molecule has 0 radical (unpaired) electrons. The molecular formula is C7H9N3OS. The Morgan fingerprint density at radius 3 is 2.92 bits per heavy atom. The van der Waals surface area contributed by atoms with Crippen LogP contribution in [0.25, 0.3) is 0 Å². The van der Waals surface area contributed by atoms with Gasteiger partial charge in [0.25, 0.3) is 0 Å². The summed E-state index contributed by atoms with van der Waals surface area (Å²) in [6.07, 6.45) is 1.59. The lowest BCUT2D eigenvalue weighted by Crippen LogP contribution is -2.27. The number of carbonyl (C=O) groups is 1. The number of carbonyl (C=O) groups excluding carboxylic acids is 1. The van der Waals surface area contributed by atoms with Crippen LogP contribution >= 0.6 is 12.8 Å². The van der Waals surface area contributed by atoms with Gasteiger partial charge in [0.1, 0.15) is 5.82 Å². The first-order valence-electron chi connectivity index (χ1n) is 3.32. The Morgan fingerprint density at radius 1 is 1.75 bits per heavy atom. The van der Waals surface area contributed by atoms with E-state index in [1.807, 2.05) is 13.0 Å². The Hall–Kier alpha value is -1.23. The topological polar surface area (TPSA) is 59.2 Å². The number of thiol groups is 1. The van der Waals surface area contributed by atoms with E-state index in [1.165, 1.54) is 0 Å². The maximum atomic E-state index is 10.6. The number of primary amides is 1. The molecule has 0 saturated carbocycles. The molecule has 0 aliphatic carbocycles. The van der Waals surface area contributed by atoms with Crippen LogP contribution in [0.3, 0.4) is 0 Å². The molecule has 2 amide bonds. The van der Waals surface area contributed by atoms with E-state index in [0.29, 0.717) is 5.82 Å². The fourth-order valence-corrected chi connectivity index (χ4v) is 0.858. The molecule has 1 aromatic rings. The first kappa shape index (κ1) is 8.86. The van der Waals surface area contributed by atoms with Gasteiger partial charge in [-0.1, -0.05) is 12.8 Å². The van der Waals surface area contributed by atoms with Crippen molar-refractivity contribution in [1.82, 2.24) is 4.98 Å². The highest BCUT2D eigenvalue weighted by Crippen LogP contribution is 2.12. The van der Waals surface area contributed by atoms with E-state index in [1.54, 1.807) is 12.3 Å². The molecule has 0 atom stereocenters. The van der Waals surface area contributed by atoms with Gasteiger partial charge < -0.3 is 5.73 Å². The Morgan fingerprint density at radius 2 is 2.42 bits per heavy atom. The first-order chi connectivity index (χ1) is 5.61.